The Bertz CT molecular complexity index is 321. The minimum atomic E-state index is -0.293. The zero-order valence-corrected chi connectivity index (χ0v) is 7.60. The van der Waals surface area contributed by atoms with E-state index < -0.39 is 0 Å². The third-order valence-corrected chi connectivity index (χ3v) is 1.60. The van der Waals surface area contributed by atoms with E-state index in [0.29, 0.717) is 17.9 Å². The van der Waals surface area contributed by atoms with Crippen molar-refractivity contribution >= 4 is 11.4 Å². The maximum absolute atomic E-state index is 12.8. The van der Waals surface area contributed by atoms with Gasteiger partial charge in [0, 0.05) is 6.54 Å². The average Bonchev–Trinajstić information content (AvgIpc) is 2.06. The fourth-order valence-corrected chi connectivity index (χ4v) is 0.928. The predicted molar refractivity (Wildman–Crippen MR) is 54.1 cm³/mol. The van der Waals surface area contributed by atoms with Crippen LogP contribution in [-0.2, 0) is 0 Å². The predicted octanol–water partition coefficient (Wildman–Crippen LogP) is 2.40. The standard InChI is InChI=1S/C10H13FN2/c1-7(2)6-13-10-5-8(11)3-4-9(10)12/h3-5,13H,1,6,12H2,2H3. The summed E-state index contributed by atoms with van der Waals surface area (Å²) in [6, 6.07) is 4.25. The van der Waals surface area contributed by atoms with Crippen molar-refractivity contribution in [3.8, 4) is 0 Å². The number of hydrogen-bond acceptors (Lipinski definition) is 2. The van der Waals surface area contributed by atoms with Gasteiger partial charge in [-0.05, 0) is 25.1 Å². The lowest BCUT2D eigenvalue weighted by atomic mass is 10.2. The van der Waals surface area contributed by atoms with Gasteiger partial charge in [0.1, 0.15) is 5.82 Å². The number of nitrogen functional groups attached to an aromatic ring is 1. The van der Waals surface area contributed by atoms with Crippen LogP contribution >= 0.6 is 0 Å². The van der Waals surface area contributed by atoms with Crippen molar-refractivity contribution in [3.05, 3.63) is 36.2 Å². The lowest BCUT2D eigenvalue weighted by Gasteiger charge is -2.08. The van der Waals surface area contributed by atoms with Gasteiger partial charge in [-0.1, -0.05) is 12.2 Å². The van der Waals surface area contributed by atoms with Crippen LogP contribution in [-0.4, -0.2) is 6.54 Å². The molecule has 0 heterocycles. The molecule has 0 aromatic heterocycles. The van der Waals surface area contributed by atoms with Crippen molar-refractivity contribution in [1.29, 1.82) is 0 Å². The molecule has 1 rings (SSSR count). The van der Waals surface area contributed by atoms with E-state index >= 15 is 0 Å². The smallest absolute Gasteiger partial charge is 0.125 e. The van der Waals surface area contributed by atoms with Gasteiger partial charge in [-0.3, -0.25) is 0 Å². The van der Waals surface area contributed by atoms with Gasteiger partial charge in [-0.25, -0.2) is 4.39 Å². The molecule has 0 fully saturated rings. The number of halogens is 1. The SMILES string of the molecule is C=C(C)CNc1cc(F)ccc1N. The van der Waals surface area contributed by atoms with Crippen LogP contribution in [0.15, 0.2) is 30.4 Å². The largest absolute Gasteiger partial charge is 0.397 e. The van der Waals surface area contributed by atoms with Crippen LogP contribution in [0, 0.1) is 5.82 Å². The van der Waals surface area contributed by atoms with Gasteiger partial charge >= 0.3 is 0 Å². The number of benzene rings is 1. The lowest BCUT2D eigenvalue weighted by molar-refractivity contribution is 0.628. The Morgan fingerprint density at radius 2 is 2.31 bits per heavy atom. The van der Waals surface area contributed by atoms with Crippen LogP contribution in [0.3, 0.4) is 0 Å². The lowest BCUT2D eigenvalue weighted by Crippen LogP contribution is -2.04. The van der Waals surface area contributed by atoms with E-state index in [0.717, 1.165) is 5.57 Å². The molecule has 0 unspecified atom stereocenters. The second-order valence-electron chi connectivity index (χ2n) is 3.04. The van der Waals surface area contributed by atoms with Gasteiger partial charge in [-0.2, -0.15) is 0 Å². The second-order valence-corrected chi connectivity index (χ2v) is 3.04. The highest BCUT2D eigenvalue weighted by molar-refractivity contribution is 5.66. The number of nitrogens with two attached hydrogens (primary N) is 1. The number of anilines is 2. The Hall–Kier alpha value is -1.51. The summed E-state index contributed by atoms with van der Waals surface area (Å²) in [4.78, 5) is 0. The third-order valence-electron chi connectivity index (χ3n) is 1.60. The van der Waals surface area contributed by atoms with E-state index in [1.807, 2.05) is 6.92 Å². The third kappa shape index (κ3) is 2.78. The maximum atomic E-state index is 12.8. The Morgan fingerprint density at radius 1 is 1.62 bits per heavy atom. The molecule has 0 saturated heterocycles. The number of nitrogens with one attached hydrogen (secondary N) is 1. The summed E-state index contributed by atoms with van der Waals surface area (Å²) < 4.78 is 12.8. The normalized spacial score (nSPS) is 9.69. The molecule has 0 saturated carbocycles. The van der Waals surface area contributed by atoms with E-state index in [1.165, 1.54) is 18.2 Å². The summed E-state index contributed by atoms with van der Waals surface area (Å²) in [7, 11) is 0. The Morgan fingerprint density at radius 3 is 2.92 bits per heavy atom. The van der Waals surface area contributed by atoms with Crippen LogP contribution in [0.2, 0.25) is 0 Å². The summed E-state index contributed by atoms with van der Waals surface area (Å²) in [5.74, 6) is -0.293. The molecule has 70 valence electrons. The molecule has 3 N–H and O–H groups in total. The van der Waals surface area contributed by atoms with E-state index in [1.54, 1.807) is 0 Å². The first-order chi connectivity index (χ1) is 6.09. The molecule has 0 radical (unpaired) electrons. The Labute approximate surface area is 77.3 Å². The van der Waals surface area contributed by atoms with Crippen molar-refractivity contribution in [1.82, 2.24) is 0 Å². The van der Waals surface area contributed by atoms with Gasteiger partial charge < -0.3 is 11.1 Å². The van der Waals surface area contributed by atoms with E-state index in [-0.39, 0.29) is 5.82 Å². The first-order valence-electron chi connectivity index (χ1n) is 4.03. The van der Waals surface area contributed by atoms with Crippen molar-refractivity contribution in [2.24, 2.45) is 0 Å². The van der Waals surface area contributed by atoms with Gasteiger partial charge in [0.05, 0.1) is 11.4 Å². The van der Waals surface area contributed by atoms with Gasteiger partial charge in [0.15, 0.2) is 0 Å². The molecular weight excluding hydrogens is 167 g/mol. The van der Waals surface area contributed by atoms with Crippen LogP contribution in [0.4, 0.5) is 15.8 Å². The molecular formula is C10H13FN2. The minimum absolute atomic E-state index is 0.293. The van der Waals surface area contributed by atoms with E-state index in [9.17, 15) is 4.39 Å². The summed E-state index contributed by atoms with van der Waals surface area (Å²) in [5.41, 5.74) is 7.75. The van der Waals surface area contributed by atoms with Crippen LogP contribution in [0.1, 0.15) is 6.92 Å². The quantitative estimate of drug-likeness (QED) is 0.553. The van der Waals surface area contributed by atoms with Crippen molar-refractivity contribution in [3.63, 3.8) is 0 Å². The molecule has 0 spiro atoms. The highest BCUT2D eigenvalue weighted by atomic mass is 19.1. The summed E-state index contributed by atoms with van der Waals surface area (Å²) in [5, 5.41) is 2.99. The average molecular weight is 180 g/mol. The molecule has 1 aromatic carbocycles. The van der Waals surface area contributed by atoms with Crippen molar-refractivity contribution in [2.45, 2.75) is 6.92 Å². The molecule has 0 bridgehead atoms. The first kappa shape index (κ1) is 9.58. The number of hydrogen-bond donors (Lipinski definition) is 2. The molecule has 1 aromatic rings. The second kappa shape index (κ2) is 3.94. The van der Waals surface area contributed by atoms with Crippen LogP contribution in [0.25, 0.3) is 0 Å². The first-order valence-corrected chi connectivity index (χ1v) is 4.03. The van der Waals surface area contributed by atoms with Gasteiger partial charge in [0.2, 0.25) is 0 Å². The van der Waals surface area contributed by atoms with Gasteiger partial charge in [0.25, 0.3) is 0 Å². The van der Waals surface area contributed by atoms with Crippen LogP contribution in [0.5, 0.6) is 0 Å². The summed E-state index contributed by atoms with van der Waals surface area (Å²) in [6.45, 7) is 6.22. The molecule has 0 aliphatic rings. The van der Waals surface area contributed by atoms with E-state index in [2.05, 4.69) is 11.9 Å². The monoisotopic (exact) mass is 180 g/mol. The minimum Gasteiger partial charge on any atom is -0.397 e. The van der Waals surface area contributed by atoms with E-state index in [4.69, 9.17) is 5.73 Å². The highest BCUT2D eigenvalue weighted by Crippen LogP contribution is 2.18. The van der Waals surface area contributed by atoms with Crippen molar-refractivity contribution < 1.29 is 4.39 Å². The number of rotatable bonds is 3. The molecule has 0 atom stereocenters. The molecule has 0 amide bonds. The molecule has 13 heavy (non-hydrogen) atoms. The fraction of sp³-hybridized carbons (Fsp3) is 0.200. The molecule has 0 aliphatic carbocycles. The van der Waals surface area contributed by atoms with Crippen molar-refractivity contribution in [2.75, 3.05) is 17.6 Å². The zero-order chi connectivity index (χ0) is 9.84. The van der Waals surface area contributed by atoms with Gasteiger partial charge in [-0.15, -0.1) is 0 Å². The Kier molecular flexibility index (Phi) is 2.90. The maximum Gasteiger partial charge on any atom is 0.125 e. The van der Waals surface area contributed by atoms with Crippen LogP contribution < -0.4 is 11.1 Å². The Balaban J connectivity index is 2.75. The summed E-state index contributed by atoms with van der Waals surface area (Å²) in [6.07, 6.45) is 0. The topological polar surface area (TPSA) is 38.0 Å². The molecule has 0 aliphatic heterocycles. The molecule has 3 heteroatoms. The fourth-order valence-electron chi connectivity index (χ4n) is 0.928. The highest BCUT2D eigenvalue weighted by Gasteiger charge is 1.99. The summed E-state index contributed by atoms with van der Waals surface area (Å²) >= 11 is 0. The zero-order valence-electron chi connectivity index (χ0n) is 7.60. The molecule has 2 nitrogen and oxygen atoms in total.